The van der Waals surface area contributed by atoms with Gasteiger partial charge in [-0.05, 0) is 18.2 Å². The number of nitrogens with zero attached hydrogens (tertiary/aromatic N) is 1. The third kappa shape index (κ3) is 2.54. The minimum Gasteiger partial charge on any atom is -0.399 e. The molecule has 0 aliphatic carbocycles. The molecule has 0 bridgehead atoms. The van der Waals surface area contributed by atoms with E-state index in [0.717, 1.165) is 10.6 Å². The SMILES string of the molecule is Nc1ccc2c(c1)SCC(=O)N2CC(O)CO. The zero-order valence-corrected chi connectivity index (χ0v) is 9.98. The first-order valence-electron chi connectivity index (χ1n) is 5.23. The summed E-state index contributed by atoms with van der Waals surface area (Å²) in [6, 6.07) is 5.29. The van der Waals surface area contributed by atoms with Crippen LogP contribution in [0.3, 0.4) is 0 Å². The molecule has 92 valence electrons. The van der Waals surface area contributed by atoms with Crippen molar-refractivity contribution in [1.82, 2.24) is 0 Å². The van der Waals surface area contributed by atoms with Gasteiger partial charge in [-0.25, -0.2) is 0 Å². The van der Waals surface area contributed by atoms with Gasteiger partial charge in [0.2, 0.25) is 5.91 Å². The summed E-state index contributed by atoms with van der Waals surface area (Å²) in [4.78, 5) is 14.2. The highest BCUT2D eigenvalue weighted by Crippen LogP contribution is 2.36. The maximum absolute atomic E-state index is 11.8. The summed E-state index contributed by atoms with van der Waals surface area (Å²) in [5.74, 6) is 0.258. The number of nitrogens with two attached hydrogens (primary N) is 1. The molecule has 1 amide bonds. The Kier molecular flexibility index (Phi) is 3.56. The Hall–Kier alpha value is -1.24. The number of nitrogen functional groups attached to an aromatic ring is 1. The van der Waals surface area contributed by atoms with E-state index in [2.05, 4.69) is 0 Å². The lowest BCUT2D eigenvalue weighted by Gasteiger charge is -2.30. The number of thioether (sulfide) groups is 1. The number of anilines is 2. The smallest absolute Gasteiger partial charge is 0.237 e. The first-order chi connectivity index (χ1) is 8.11. The fraction of sp³-hybridized carbons (Fsp3) is 0.364. The van der Waals surface area contributed by atoms with Crippen molar-refractivity contribution in [1.29, 1.82) is 0 Å². The quantitative estimate of drug-likeness (QED) is 0.664. The molecule has 0 aromatic heterocycles. The van der Waals surface area contributed by atoms with E-state index in [9.17, 15) is 9.90 Å². The third-order valence-electron chi connectivity index (χ3n) is 2.53. The second-order valence-corrected chi connectivity index (χ2v) is 4.87. The minimum atomic E-state index is -0.924. The Morgan fingerprint density at radius 1 is 1.53 bits per heavy atom. The Labute approximate surface area is 103 Å². The molecule has 4 N–H and O–H groups in total. The standard InChI is InChI=1S/C11H14N2O3S/c12-7-1-2-9-10(3-7)17-6-11(16)13(9)4-8(15)5-14/h1-3,8,14-15H,4-6,12H2. The summed E-state index contributed by atoms with van der Waals surface area (Å²) in [5.41, 5.74) is 7.07. The molecule has 0 radical (unpaired) electrons. The fourth-order valence-electron chi connectivity index (χ4n) is 1.69. The van der Waals surface area contributed by atoms with Crippen molar-refractivity contribution in [2.45, 2.75) is 11.0 Å². The number of carbonyl (C=O) groups excluding carboxylic acids is 1. The highest BCUT2D eigenvalue weighted by molar-refractivity contribution is 8.00. The number of β-amino-alcohol motifs (C(OH)–C–C–N with tert-alkyl or cyclic N) is 1. The number of hydrogen-bond acceptors (Lipinski definition) is 5. The van der Waals surface area contributed by atoms with E-state index in [1.165, 1.54) is 16.7 Å². The Bertz CT molecular complexity index is 439. The topological polar surface area (TPSA) is 86.8 Å². The highest BCUT2D eigenvalue weighted by atomic mass is 32.2. The molecule has 0 saturated heterocycles. The van der Waals surface area contributed by atoms with Gasteiger partial charge in [0.15, 0.2) is 0 Å². The van der Waals surface area contributed by atoms with Gasteiger partial charge >= 0.3 is 0 Å². The minimum absolute atomic E-state index is 0.0697. The van der Waals surface area contributed by atoms with Gasteiger partial charge in [0.25, 0.3) is 0 Å². The third-order valence-corrected chi connectivity index (χ3v) is 3.56. The second kappa shape index (κ2) is 4.95. The monoisotopic (exact) mass is 254 g/mol. The van der Waals surface area contributed by atoms with Crippen LogP contribution in [0.25, 0.3) is 0 Å². The van der Waals surface area contributed by atoms with Crippen LogP contribution in [-0.4, -0.2) is 41.1 Å². The van der Waals surface area contributed by atoms with Crippen molar-refractivity contribution in [3.8, 4) is 0 Å². The first kappa shape index (κ1) is 12.2. The van der Waals surface area contributed by atoms with E-state index >= 15 is 0 Å². The molecular weight excluding hydrogens is 240 g/mol. The summed E-state index contributed by atoms with van der Waals surface area (Å²) in [5, 5.41) is 18.3. The first-order valence-corrected chi connectivity index (χ1v) is 6.22. The maximum atomic E-state index is 11.8. The molecule has 0 saturated carbocycles. The van der Waals surface area contributed by atoms with Crippen molar-refractivity contribution >= 4 is 29.0 Å². The number of aliphatic hydroxyl groups is 2. The van der Waals surface area contributed by atoms with Crippen molar-refractivity contribution in [2.24, 2.45) is 0 Å². The lowest BCUT2D eigenvalue weighted by Crippen LogP contribution is -2.41. The molecule has 0 fully saturated rings. The van der Waals surface area contributed by atoms with Gasteiger partial charge in [0.05, 0.1) is 30.7 Å². The molecule has 17 heavy (non-hydrogen) atoms. The number of rotatable bonds is 3. The van der Waals surface area contributed by atoms with Crippen molar-refractivity contribution in [3.05, 3.63) is 18.2 Å². The van der Waals surface area contributed by atoms with Gasteiger partial charge < -0.3 is 20.8 Å². The van der Waals surface area contributed by atoms with E-state index in [1.54, 1.807) is 12.1 Å². The lowest BCUT2D eigenvalue weighted by molar-refractivity contribution is -0.116. The van der Waals surface area contributed by atoms with Crippen molar-refractivity contribution in [2.75, 3.05) is 29.5 Å². The number of fused-ring (bicyclic) bond motifs is 1. The molecule has 6 heteroatoms. The Balaban J connectivity index is 2.30. The fourth-order valence-corrected chi connectivity index (χ4v) is 2.67. The zero-order valence-electron chi connectivity index (χ0n) is 9.17. The molecular formula is C11H14N2O3S. The average Bonchev–Trinajstić information content (AvgIpc) is 2.32. The van der Waals surface area contributed by atoms with Gasteiger partial charge in [-0.15, -0.1) is 11.8 Å². The normalized spacial score (nSPS) is 16.8. The van der Waals surface area contributed by atoms with Crippen LogP contribution in [0.2, 0.25) is 0 Å². The van der Waals surface area contributed by atoms with Crippen molar-refractivity contribution in [3.63, 3.8) is 0 Å². The predicted octanol–water partition coefficient (Wildman–Crippen LogP) is 0.0607. The number of amides is 1. The molecule has 1 aliphatic rings. The van der Waals surface area contributed by atoms with Crippen LogP contribution >= 0.6 is 11.8 Å². The molecule has 2 rings (SSSR count). The van der Waals surface area contributed by atoms with Crippen molar-refractivity contribution < 1.29 is 15.0 Å². The van der Waals surface area contributed by atoms with E-state index in [-0.39, 0.29) is 19.1 Å². The van der Waals surface area contributed by atoms with Crippen LogP contribution in [0.5, 0.6) is 0 Å². The van der Waals surface area contributed by atoms with E-state index in [4.69, 9.17) is 10.8 Å². The van der Waals surface area contributed by atoms with E-state index in [1.807, 2.05) is 6.07 Å². The van der Waals surface area contributed by atoms with Crippen LogP contribution in [-0.2, 0) is 4.79 Å². The van der Waals surface area contributed by atoms with Crippen LogP contribution in [0.4, 0.5) is 11.4 Å². The van der Waals surface area contributed by atoms with Crippen LogP contribution in [0.15, 0.2) is 23.1 Å². The van der Waals surface area contributed by atoms with E-state index in [0.29, 0.717) is 11.4 Å². The van der Waals surface area contributed by atoms with Crippen LogP contribution in [0, 0.1) is 0 Å². The van der Waals surface area contributed by atoms with E-state index < -0.39 is 6.10 Å². The van der Waals surface area contributed by atoms with Gasteiger partial charge in [-0.3, -0.25) is 4.79 Å². The summed E-state index contributed by atoms with van der Waals surface area (Å²) >= 11 is 1.43. The number of hydrogen-bond donors (Lipinski definition) is 3. The zero-order chi connectivity index (χ0) is 12.4. The molecule has 1 aromatic carbocycles. The highest BCUT2D eigenvalue weighted by Gasteiger charge is 2.26. The molecule has 0 spiro atoms. The largest absolute Gasteiger partial charge is 0.399 e. The van der Waals surface area contributed by atoms with Gasteiger partial charge in [-0.1, -0.05) is 0 Å². The van der Waals surface area contributed by atoms with Gasteiger partial charge in [-0.2, -0.15) is 0 Å². The average molecular weight is 254 g/mol. The van der Waals surface area contributed by atoms with Gasteiger partial charge in [0, 0.05) is 10.6 Å². The Morgan fingerprint density at radius 3 is 3.00 bits per heavy atom. The summed E-state index contributed by atoms with van der Waals surface area (Å²) in [6.45, 7) is -0.256. The Morgan fingerprint density at radius 2 is 2.29 bits per heavy atom. The maximum Gasteiger partial charge on any atom is 0.237 e. The van der Waals surface area contributed by atoms with Gasteiger partial charge in [0.1, 0.15) is 0 Å². The number of carbonyl (C=O) groups is 1. The summed E-state index contributed by atoms with van der Waals surface area (Å²) < 4.78 is 0. The molecule has 1 atom stereocenters. The number of benzene rings is 1. The van der Waals surface area contributed by atoms with Crippen LogP contribution < -0.4 is 10.6 Å². The summed E-state index contributed by atoms with van der Waals surface area (Å²) in [6.07, 6.45) is -0.924. The molecule has 1 heterocycles. The predicted molar refractivity (Wildman–Crippen MR) is 67.0 cm³/mol. The van der Waals surface area contributed by atoms with Crippen LogP contribution in [0.1, 0.15) is 0 Å². The lowest BCUT2D eigenvalue weighted by atomic mass is 10.2. The molecule has 1 aromatic rings. The molecule has 5 nitrogen and oxygen atoms in total. The second-order valence-electron chi connectivity index (χ2n) is 3.86. The molecule has 1 aliphatic heterocycles. The molecule has 1 unspecified atom stereocenters. The number of aliphatic hydroxyl groups excluding tert-OH is 2. The summed E-state index contributed by atoms with van der Waals surface area (Å²) in [7, 11) is 0.